The molecule has 0 bridgehead atoms. The molecule has 142 valence electrons. The molecular formula is C21H24N2O2S2. The molecule has 0 saturated heterocycles. The van der Waals surface area contributed by atoms with E-state index in [0.29, 0.717) is 6.61 Å². The summed E-state index contributed by atoms with van der Waals surface area (Å²) in [5.41, 5.74) is 1.85. The van der Waals surface area contributed by atoms with Gasteiger partial charge in [0.1, 0.15) is 4.83 Å². The molecule has 2 aromatic heterocycles. The number of aromatic nitrogens is 2. The molecule has 6 heteroatoms. The van der Waals surface area contributed by atoms with Gasteiger partial charge in [0, 0.05) is 17.1 Å². The van der Waals surface area contributed by atoms with Crippen LogP contribution in [0, 0.1) is 0 Å². The highest BCUT2D eigenvalue weighted by Crippen LogP contribution is 2.39. The van der Waals surface area contributed by atoms with E-state index < -0.39 is 0 Å². The predicted octanol–water partition coefficient (Wildman–Crippen LogP) is 5.19. The van der Waals surface area contributed by atoms with Crippen molar-refractivity contribution in [2.75, 3.05) is 5.75 Å². The van der Waals surface area contributed by atoms with Crippen LogP contribution in [0.5, 0.6) is 0 Å². The highest BCUT2D eigenvalue weighted by molar-refractivity contribution is 7.99. The number of rotatable bonds is 5. The summed E-state index contributed by atoms with van der Waals surface area (Å²) in [7, 11) is 0. The van der Waals surface area contributed by atoms with Crippen molar-refractivity contribution >= 4 is 33.3 Å². The van der Waals surface area contributed by atoms with Crippen molar-refractivity contribution in [3.8, 4) is 5.69 Å². The monoisotopic (exact) mass is 400 g/mol. The first-order valence-electron chi connectivity index (χ1n) is 9.46. The zero-order valence-electron chi connectivity index (χ0n) is 15.9. The summed E-state index contributed by atoms with van der Waals surface area (Å²) in [5.74, 6) is 0.937. The fourth-order valence-corrected chi connectivity index (χ4v) is 5.43. The van der Waals surface area contributed by atoms with Crippen molar-refractivity contribution in [3.05, 3.63) is 51.1 Å². The maximum atomic E-state index is 13.6. The normalized spacial score (nSPS) is 19.4. The Labute approximate surface area is 167 Å². The van der Waals surface area contributed by atoms with Crippen molar-refractivity contribution in [1.82, 2.24) is 9.55 Å². The summed E-state index contributed by atoms with van der Waals surface area (Å²) in [4.78, 5) is 20.5. The Balaban J connectivity index is 1.96. The van der Waals surface area contributed by atoms with Gasteiger partial charge in [0.05, 0.1) is 23.3 Å². The van der Waals surface area contributed by atoms with Gasteiger partial charge in [-0.3, -0.25) is 9.36 Å². The van der Waals surface area contributed by atoms with E-state index in [-0.39, 0.29) is 11.2 Å². The molecule has 4 nitrogen and oxygen atoms in total. The van der Waals surface area contributed by atoms with E-state index in [1.54, 1.807) is 27.7 Å². The lowest BCUT2D eigenvalue weighted by Crippen LogP contribution is -2.34. The first-order valence-corrected chi connectivity index (χ1v) is 11.3. The Morgan fingerprint density at radius 2 is 2.07 bits per heavy atom. The van der Waals surface area contributed by atoms with Crippen LogP contribution < -0.4 is 5.56 Å². The van der Waals surface area contributed by atoms with Crippen LogP contribution in [0.4, 0.5) is 0 Å². The van der Waals surface area contributed by atoms with Gasteiger partial charge in [-0.2, -0.15) is 0 Å². The average Bonchev–Trinajstić information content (AvgIpc) is 3.04. The van der Waals surface area contributed by atoms with Gasteiger partial charge >= 0.3 is 0 Å². The van der Waals surface area contributed by atoms with Crippen molar-refractivity contribution < 1.29 is 4.74 Å². The second-order valence-corrected chi connectivity index (χ2v) is 9.32. The van der Waals surface area contributed by atoms with Gasteiger partial charge in [-0.25, -0.2) is 4.98 Å². The molecule has 0 saturated carbocycles. The second kappa shape index (κ2) is 7.41. The number of ether oxygens (including phenoxy) is 1. The number of hydrogen-bond acceptors (Lipinski definition) is 5. The number of benzene rings is 1. The van der Waals surface area contributed by atoms with Crippen LogP contribution in [0.3, 0.4) is 0 Å². The Morgan fingerprint density at radius 3 is 2.78 bits per heavy atom. The molecule has 27 heavy (non-hydrogen) atoms. The van der Waals surface area contributed by atoms with Gasteiger partial charge < -0.3 is 4.74 Å². The highest BCUT2D eigenvalue weighted by Gasteiger charge is 2.33. The van der Waals surface area contributed by atoms with Crippen molar-refractivity contribution in [3.63, 3.8) is 0 Å². The molecule has 1 aromatic carbocycles. The number of nitrogens with zero attached hydrogens (tertiary/aromatic N) is 2. The number of hydrogen-bond donors (Lipinski definition) is 0. The summed E-state index contributed by atoms with van der Waals surface area (Å²) >= 11 is 3.26. The predicted molar refractivity (Wildman–Crippen MR) is 113 cm³/mol. The fourth-order valence-electron chi connectivity index (χ4n) is 3.42. The molecule has 0 N–H and O–H groups in total. The highest BCUT2D eigenvalue weighted by atomic mass is 32.2. The first-order chi connectivity index (χ1) is 13.1. The van der Waals surface area contributed by atoms with Gasteiger partial charge in [0.25, 0.3) is 5.56 Å². The van der Waals surface area contributed by atoms with E-state index in [9.17, 15) is 4.79 Å². The summed E-state index contributed by atoms with van der Waals surface area (Å²) in [6.45, 7) is 6.99. The second-order valence-electron chi connectivity index (χ2n) is 7.17. The summed E-state index contributed by atoms with van der Waals surface area (Å²) in [6, 6.07) is 9.85. The molecule has 3 aromatic rings. The summed E-state index contributed by atoms with van der Waals surface area (Å²) in [6.07, 6.45) is 2.73. The molecule has 0 radical (unpaired) electrons. The van der Waals surface area contributed by atoms with Crippen molar-refractivity contribution in [2.45, 2.75) is 57.4 Å². The van der Waals surface area contributed by atoms with Crippen molar-refractivity contribution in [2.24, 2.45) is 0 Å². The van der Waals surface area contributed by atoms with E-state index in [1.807, 2.05) is 30.3 Å². The van der Waals surface area contributed by atoms with Crippen LogP contribution in [0.15, 0.2) is 40.3 Å². The van der Waals surface area contributed by atoms with E-state index in [2.05, 4.69) is 20.8 Å². The molecule has 0 fully saturated rings. The molecular weight excluding hydrogens is 376 g/mol. The molecule has 1 atom stereocenters. The smallest absolute Gasteiger partial charge is 0.267 e. The van der Waals surface area contributed by atoms with E-state index in [0.717, 1.165) is 56.5 Å². The molecule has 1 aliphatic heterocycles. The SMILES string of the molecule is CCCSc1nc2sc3c(c2c(=O)n1-c1ccccc1)CC(C)(CC)OC3. The van der Waals surface area contributed by atoms with Crippen LogP contribution in [0.2, 0.25) is 0 Å². The lowest BCUT2D eigenvalue weighted by Gasteiger charge is -2.32. The van der Waals surface area contributed by atoms with Crippen LogP contribution >= 0.6 is 23.1 Å². The molecule has 0 spiro atoms. The van der Waals surface area contributed by atoms with Gasteiger partial charge in [0.15, 0.2) is 5.16 Å². The number of para-hydroxylation sites is 1. The van der Waals surface area contributed by atoms with E-state index in [4.69, 9.17) is 9.72 Å². The van der Waals surface area contributed by atoms with Crippen LogP contribution in [0.25, 0.3) is 15.9 Å². The maximum absolute atomic E-state index is 13.6. The van der Waals surface area contributed by atoms with Gasteiger partial charge in [-0.1, -0.05) is 43.8 Å². The van der Waals surface area contributed by atoms with Crippen molar-refractivity contribution in [1.29, 1.82) is 0 Å². The van der Waals surface area contributed by atoms with E-state index >= 15 is 0 Å². The van der Waals surface area contributed by atoms with E-state index in [1.165, 1.54) is 0 Å². The lowest BCUT2D eigenvalue weighted by molar-refractivity contribution is -0.0543. The topological polar surface area (TPSA) is 44.1 Å². The minimum Gasteiger partial charge on any atom is -0.369 e. The van der Waals surface area contributed by atoms with Gasteiger partial charge in [-0.15, -0.1) is 11.3 Å². The Bertz CT molecular complexity index is 1030. The summed E-state index contributed by atoms with van der Waals surface area (Å²) < 4.78 is 7.88. The minimum atomic E-state index is -0.208. The average molecular weight is 401 g/mol. The Kier molecular flexibility index (Phi) is 5.14. The van der Waals surface area contributed by atoms with Crippen LogP contribution in [0.1, 0.15) is 44.1 Å². The summed E-state index contributed by atoms with van der Waals surface area (Å²) in [5, 5.41) is 1.56. The third-order valence-corrected chi connectivity index (χ3v) is 7.42. The quantitative estimate of drug-likeness (QED) is 0.437. The molecule has 1 aliphatic rings. The third-order valence-electron chi connectivity index (χ3n) is 5.18. The maximum Gasteiger partial charge on any atom is 0.267 e. The zero-order valence-corrected chi connectivity index (χ0v) is 17.6. The van der Waals surface area contributed by atoms with Crippen LogP contribution in [-0.2, 0) is 17.8 Å². The molecule has 1 unspecified atom stereocenters. The standard InChI is InChI=1S/C21H24N2O2S2/c1-4-11-26-20-22-18-17(19(24)23(20)14-9-7-6-8-10-14)15-12-21(3,5-2)25-13-16(15)27-18/h6-10H,4-5,11-13H2,1-3H3. The molecule has 0 aliphatic carbocycles. The molecule has 4 rings (SSSR count). The molecule has 3 heterocycles. The first kappa shape index (κ1) is 18.7. The largest absolute Gasteiger partial charge is 0.369 e. The minimum absolute atomic E-state index is 0.0441. The van der Waals surface area contributed by atoms with Gasteiger partial charge in [0.2, 0.25) is 0 Å². The lowest BCUT2D eigenvalue weighted by atomic mass is 9.90. The zero-order chi connectivity index (χ0) is 19.0. The number of fused-ring (bicyclic) bond motifs is 3. The third kappa shape index (κ3) is 3.35. The Hall–Kier alpha value is -1.63. The fraction of sp³-hybridized carbons (Fsp3) is 0.429. The van der Waals surface area contributed by atoms with Crippen LogP contribution in [-0.4, -0.2) is 20.9 Å². The number of thiophene rings is 1. The Morgan fingerprint density at radius 1 is 1.30 bits per heavy atom. The number of thioether (sulfide) groups is 1. The van der Waals surface area contributed by atoms with Gasteiger partial charge in [-0.05, 0) is 37.5 Å². The molecule has 0 amide bonds.